The zero-order valence-corrected chi connectivity index (χ0v) is 15.2. The van der Waals surface area contributed by atoms with E-state index in [4.69, 9.17) is 0 Å². The van der Waals surface area contributed by atoms with Gasteiger partial charge in [0.1, 0.15) is 5.56 Å². The lowest BCUT2D eigenvalue weighted by molar-refractivity contribution is -0.159. The summed E-state index contributed by atoms with van der Waals surface area (Å²) < 4.78 is 80.3. The van der Waals surface area contributed by atoms with Gasteiger partial charge in [0, 0.05) is 32.1 Å². The largest absolute Gasteiger partial charge is 0.468 e. The third-order valence-corrected chi connectivity index (χ3v) is 3.51. The lowest BCUT2D eigenvalue weighted by Gasteiger charge is -2.30. The minimum Gasteiger partial charge on any atom is -0.468 e. The average molecular weight is 439 g/mol. The molecule has 1 aromatic rings. The minimum atomic E-state index is -5.05. The normalized spacial score (nSPS) is 18.5. The monoisotopic (exact) mass is 439 g/mol. The first-order chi connectivity index (χ1) is 13.8. The second kappa shape index (κ2) is 8.59. The van der Waals surface area contributed by atoms with E-state index in [1.807, 2.05) is 0 Å². The zero-order valence-electron chi connectivity index (χ0n) is 15.2. The number of amides is 2. The van der Waals surface area contributed by atoms with Gasteiger partial charge in [-0.05, 0) is 11.6 Å². The summed E-state index contributed by atoms with van der Waals surface area (Å²) >= 11 is 0. The van der Waals surface area contributed by atoms with Crippen molar-refractivity contribution in [1.29, 1.82) is 0 Å². The number of aliphatic imine (C=N–C) groups is 1. The molecule has 8 nitrogen and oxygen atoms in total. The first-order valence-electron chi connectivity index (χ1n) is 8.12. The summed E-state index contributed by atoms with van der Waals surface area (Å²) in [5, 5.41) is 7.20. The van der Waals surface area contributed by atoms with E-state index in [0.717, 1.165) is 19.3 Å². The third kappa shape index (κ3) is 6.09. The van der Waals surface area contributed by atoms with E-state index in [0.29, 0.717) is 6.07 Å². The number of halogens is 6. The molecule has 14 heteroatoms. The number of pyridine rings is 1. The van der Waals surface area contributed by atoms with E-state index in [-0.39, 0.29) is 5.56 Å². The van der Waals surface area contributed by atoms with Gasteiger partial charge >= 0.3 is 12.4 Å². The van der Waals surface area contributed by atoms with Gasteiger partial charge in [-0.2, -0.15) is 26.3 Å². The molecule has 1 aliphatic heterocycles. The van der Waals surface area contributed by atoms with Crippen molar-refractivity contribution in [3.05, 3.63) is 35.8 Å². The van der Waals surface area contributed by atoms with Gasteiger partial charge in [0.25, 0.3) is 5.91 Å². The highest BCUT2D eigenvalue weighted by Gasteiger charge is 2.39. The first kappa shape index (κ1) is 23.0. The Morgan fingerprint density at radius 3 is 2.47 bits per heavy atom. The van der Waals surface area contributed by atoms with Crippen molar-refractivity contribution < 1.29 is 40.7 Å². The fourth-order valence-corrected chi connectivity index (χ4v) is 2.31. The van der Waals surface area contributed by atoms with Crippen molar-refractivity contribution >= 4 is 18.0 Å². The molecule has 164 valence electrons. The summed E-state index contributed by atoms with van der Waals surface area (Å²) in [4.78, 5) is 30.9. The molecule has 0 spiro atoms. The van der Waals surface area contributed by atoms with Crippen LogP contribution in [0.5, 0.6) is 5.88 Å². The zero-order chi connectivity index (χ0) is 22.6. The lowest BCUT2D eigenvalue weighted by Crippen LogP contribution is -2.67. The summed E-state index contributed by atoms with van der Waals surface area (Å²) in [5.74, 6) is -2.68. The van der Waals surface area contributed by atoms with Crippen LogP contribution in [0.3, 0.4) is 0 Å². The van der Waals surface area contributed by atoms with Crippen LogP contribution in [0.25, 0.3) is 0 Å². The number of rotatable bonds is 6. The van der Waals surface area contributed by atoms with Crippen LogP contribution >= 0.6 is 0 Å². The van der Waals surface area contributed by atoms with Crippen molar-refractivity contribution in [1.82, 2.24) is 20.9 Å². The van der Waals surface area contributed by atoms with Crippen molar-refractivity contribution in [3.63, 3.8) is 0 Å². The van der Waals surface area contributed by atoms with Gasteiger partial charge in [-0.15, -0.1) is 0 Å². The molecule has 2 rings (SSSR count). The van der Waals surface area contributed by atoms with Crippen LogP contribution in [-0.2, 0) is 22.3 Å². The Balaban J connectivity index is 2.18. The number of nitrogens with zero attached hydrogens (tertiary/aromatic N) is 2. The van der Waals surface area contributed by atoms with Crippen molar-refractivity contribution in [2.24, 2.45) is 4.99 Å². The van der Waals surface area contributed by atoms with Crippen molar-refractivity contribution in [2.45, 2.75) is 31.5 Å². The molecule has 1 aliphatic rings. The van der Waals surface area contributed by atoms with Gasteiger partial charge < -0.3 is 20.7 Å². The van der Waals surface area contributed by atoms with Crippen molar-refractivity contribution in [3.8, 4) is 5.88 Å². The summed E-state index contributed by atoms with van der Waals surface area (Å²) in [6.07, 6.45) is -5.42. The standard InChI is InChI=1S/C16H15F6N5O3/c1-9(28)27-14(7-23-2-3-26-14)13(29)25-6-10-4-11(16(20,21)22)12(24-5-10)30-8-15(17,18)19/h2-5,7,26H,6,8H2,1H3,(H,25,29)(H,27,28). The summed E-state index contributed by atoms with van der Waals surface area (Å²) in [5.41, 5.74) is -3.47. The van der Waals surface area contributed by atoms with Crippen LogP contribution in [0.4, 0.5) is 26.3 Å². The number of aromatic nitrogens is 1. The molecule has 2 amide bonds. The van der Waals surface area contributed by atoms with E-state index in [9.17, 15) is 35.9 Å². The van der Waals surface area contributed by atoms with E-state index in [1.165, 1.54) is 12.4 Å². The number of hydrogen-bond acceptors (Lipinski definition) is 6. The molecule has 0 saturated heterocycles. The topological polar surface area (TPSA) is 105 Å². The fraction of sp³-hybridized carbons (Fsp3) is 0.375. The number of nitrogens with one attached hydrogen (secondary N) is 3. The van der Waals surface area contributed by atoms with Gasteiger partial charge in [-0.25, -0.2) is 4.98 Å². The lowest BCUT2D eigenvalue weighted by atomic mass is 10.1. The Labute approximate surface area is 165 Å². The predicted molar refractivity (Wildman–Crippen MR) is 90.0 cm³/mol. The summed E-state index contributed by atoms with van der Waals surface area (Å²) in [6, 6.07) is 0.506. The number of carbonyl (C=O) groups excluding carboxylic acids is 2. The van der Waals surface area contributed by atoms with Crippen LogP contribution in [0.15, 0.2) is 29.7 Å². The van der Waals surface area contributed by atoms with Crippen molar-refractivity contribution in [2.75, 3.05) is 6.61 Å². The quantitative estimate of drug-likeness (QED) is 0.585. The molecule has 0 fully saturated rings. The highest BCUT2D eigenvalue weighted by atomic mass is 19.4. The van der Waals surface area contributed by atoms with Crippen LogP contribution in [0.1, 0.15) is 18.1 Å². The molecule has 30 heavy (non-hydrogen) atoms. The van der Waals surface area contributed by atoms with Crippen LogP contribution in [-0.4, -0.2) is 41.5 Å². The van der Waals surface area contributed by atoms with E-state index >= 15 is 0 Å². The maximum Gasteiger partial charge on any atom is 0.422 e. The highest BCUT2D eigenvalue weighted by molar-refractivity contribution is 6.06. The van der Waals surface area contributed by atoms with Crippen LogP contribution in [0.2, 0.25) is 0 Å². The number of hydrogen-bond donors (Lipinski definition) is 3. The molecule has 0 bridgehead atoms. The Kier molecular flexibility index (Phi) is 6.57. The molecule has 2 heterocycles. The number of ether oxygens (including phenoxy) is 1. The number of carbonyl (C=O) groups is 2. The maximum atomic E-state index is 13.2. The maximum absolute atomic E-state index is 13.2. The smallest absolute Gasteiger partial charge is 0.422 e. The Morgan fingerprint density at radius 2 is 1.93 bits per heavy atom. The Morgan fingerprint density at radius 1 is 1.23 bits per heavy atom. The molecular formula is C16H15F6N5O3. The molecule has 0 radical (unpaired) electrons. The fourth-order valence-electron chi connectivity index (χ4n) is 2.31. The van der Waals surface area contributed by atoms with Gasteiger partial charge in [-0.3, -0.25) is 14.6 Å². The molecule has 1 unspecified atom stereocenters. The van der Waals surface area contributed by atoms with E-state index in [1.54, 1.807) is 0 Å². The van der Waals surface area contributed by atoms with Crippen LogP contribution in [0, 0.1) is 0 Å². The summed E-state index contributed by atoms with van der Waals surface area (Å²) in [7, 11) is 0. The molecule has 0 aromatic carbocycles. The SMILES string of the molecule is CC(=O)NC1(C(=O)NCc2cnc(OCC(F)(F)F)c(C(F)(F)F)c2)C=NC=CN1. The average Bonchev–Trinajstić information content (AvgIpc) is 2.63. The van der Waals surface area contributed by atoms with E-state index in [2.05, 4.69) is 30.7 Å². The summed E-state index contributed by atoms with van der Waals surface area (Å²) in [6.45, 7) is -1.28. The Bertz CT molecular complexity index is 868. The molecule has 3 N–H and O–H groups in total. The molecule has 1 atom stereocenters. The van der Waals surface area contributed by atoms with Gasteiger partial charge in [0.05, 0.1) is 6.21 Å². The van der Waals surface area contributed by atoms with Gasteiger partial charge in [0.2, 0.25) is 17.5 Å². The number of alkyl halides is 6. The second-order valence-corrected chi connectivity index (χ2v) is 6.01. The molecular weight excluding hydrogens is 424 g/mol. The Hall–Kier alpha value is -3.32. The molecule has 1 aromatic heterocycles. The first-order valence-corrected chi connectivity index (χ1v) is 8.12. The van der Waals surface area contributed by atoms with E-state index < -0.39 is 54.4 Å². The highest BCUT2D eigenvalue weighted by Crippen LogP contribution is 2.36. The predicted octanol–water partition coefficient (Wildman–Crippen LogP) is 1.64. The molecule has 0 saturated carbocycles. The van der Waals surface area contributed by atoms with Gasteiger partial charge in [-0.1, -0.05) is 0 Å². The molecule has 0 aliphatic carbocycles. The van der Waals surface area contributed by atoms with Crippen LogP contribution < -0.4 is 20.7 Å². The third-order valence-electron chi connectivity index (χ3n) is 3.51. The minimum absolute atomic E-state index is 0.170. The second-order valence-electron chi connectivity index (χ2n) is 6.01. The van der Waals surface area contributed by atoms with Gasteiger partial charge in [0.15, 0.2) is 6.61 Å².